The molecule has 8 aromatic carbocycles. The van der Waals surface area contributed by atoms with E-state index in [1.807, 2.05) is 11.3 Å². The van der Waals surface area contributed by atoms with Crippen LogP contribution in [-0.4, -0.2) is 0 Å². The number of benzene rings is 8. The lowest BCUT2D eigenvalue weighted by molar-refractivity contribution is 0.153. The first-order chi connectivity index (χ1) is 32.1. The largest absolute Gasteiger partial charge is 0.310 e. The number of fused-ring (bicyclic) bond motifs is 8. The molecule has 2 heteroatoms. The Hall–Kier alpha value is -6.22. The van der Waals surface area contributed by atoms with Gasteiger partial charge in [0.15, 0.2) is 0 Å². The van der Waals surface area contributed by atoms with Gasteiger partial charge in [-0.3, -0.25) is 0 Å². The summed E-state index contributed by atoms with van der Waals surface area (Å²) in [5.41, 5.74) is 20.9. The van der Waals surface area contributed by atoms with Gasteiger partial charge in [-0.05, 0) is 184 Å². The Kier molecular flexibility index (Phi) is 8.74. The average Bonchev–Trinajstić information content (AvgIpc) is 3.87. The Morgan fingerprint density at radius 3 is 1.75 bits per heavy atom. The number of hydrogen-bond acceptors (Lipinski definition) is 2. The summed E-state index contributed by atoms with van der Waals surface area (Å²) in [6.07, 6.45) is 13.3. The third-order valence-electron chi connectivity index (χ3n) is 16.8. The van der Waals surface area contributed by atoms with E-state index in [0.717, 1.165) is 11.8 Å². The molecule has 0 saturated heterocycles. The van der Waals surface area contributed by atoms with Crippen LogP contribution in [0.2, 0.25) is 0 Å². The summed E-state index contributed by atoms with van der Waals surface area (Å²) in [4.78, 5) is 2.51. The van der Waals surface area contributed by atoms with Gasteiger partial charge in [-0.15, -0.1) is 11.3 Å². The summed E-state index contributed by atoms with van der Waals surface area (Å²) >= 11 is 1.94. The molecule has 3 saturated carbocycles. The molecule has 1 nitrogen and oxygen atoms in total. The molecule has 6 aliphatic rings. The zero-order chi connectivity index (χ0) is 42.6. The van der Waals surface area contributed by atoms with Crippen molar-refractivity contribution in [2.45, 2.75) is 81.5 Å². The molecule has 4 atom stereocenters. The number of rotatable bonds is 5. The van der Waals surface area contributed by atoms with Gasteiger partial charge in [-0.25, -0.2) is 0 Å². The lowest BCUT2D eigenvalue weighted by Gasteiger charge is -2.42. The topological polar surface area (TPSA) is 3.24 Å². The van der Waals surface area contributed by atoms with E-state index in [1.54, 1.807) is 11.1 Å². The summed E-state index contributed by atoms with van der Waals surface area (Å²) in [5.74, 6) is 3.12. The SMILES string of the molecule is c1ccc(-c2ccc(N(c3ccc4c(c3)C3(CCCCC3)c3ccccc3-4)c3ccc4c(c3)sc3cc(-c5ccc6c(c5)-c5ccccc5C5CC7CC6C[C@@H](C7)C5)ccc34)cc2)cc1. The minimum Gasteiger partial charge on any atom is -0.310 e. The number of hydrogen-bond donors (Lipinski definition) is 0. The fourth-order valence-electron chi connectivity index (χ4n) is 14.0. The van der Waals surface area contributed by atoms with Crippen LogP contribution in [0.1, 0.15) is 98.3 Å². The molecular formula is C63H53NS. The lowest BCUT2D eigenvalue weighted by Crippen LogP contribution is -2.29. The fraction of sp³-hybridized carbons (Fsp3) is 0.238. The molecule has 4 bridgehead atoms. The first kappa shape index (κ1) is 38.1. The van der Waals surface area contributed by atoms with E-state index in [9.17, 15) is 0 Å². The molecule has 65 heavy (non-hydrogen) atoms. The Morgan fingerprint density at radius 2 is 0.954 bits per heavy atom. The van der Waals surface area contributed by atoms with E-state index in [0.29, 0.717) is 11.8 Å². The highest BCUT2D eigenvalue weighted by Crippen LogP contribution is 2.58. The van der Waals surface area contributed by atoms with Crippen molar-refractivity contribution in [3.8, 4) is 44.5 Å². The first-order valence-corrected chi connectivity index (χ1v) is 25.4. The van der Waals surface area contributed by atoms with Crippen LogP contribution in [0, 0.1) is 11.8 Å². The maximum atomic E-state index is 2.56. The second-order valence-corrected chi connectivity index (χ2v) is 21.4. The first-order valence-electron chi connectivity index (χ1n) is 24.5. The predicted octanol–water partition coefficient (Wildman–Crippen LogP) is 18.1. The standard InChI is InChI=1S/C63H53NS/c1-3-11-42(12-4-1)43-17-21-48(22-18-43)64(49-23-27-55-54-15-7-8-16-59(54)63(60(55)38-49)29-9-2-10-30-63)50-24-28-57-56-26-20-45(37-61(56)65-62(57)39-50)44-19-25-52-47-34-40-31-41(35-47)33-46(32-40)51-13-5-6-14-53(51)58(52)36-44/h1,3-8,11-28,36-41,46-47H,2,9-10,29-35H2/t40-,41?,46?,47?/m0/s1. The van der Waals surface area contributed by atoms with Crippen molar-refractivity contribution in [2.75, 3.05) is 4.90 Å². The van der Waals surface area contributed by atoms with Crippen molar-refractivity contribution in [2.24, 2.45) is 11.8 Å². The minimum absolute atomic E-state index is 0.0919. The van der Waals surface area contributed by atoms with Crippen LogP contribution < -0.4 is 4.90 Å². The van der Waals surface area contributed by atoms with Crippen molar-refractivity contribution in [1.29, 1.82) is 0 Å². The molecule has 1 aromatic heterocycles. The van der Waals surface area contributed by atoms with Crippen LogP contribution >= 0.6 is 11.3 Å². The van der Waals surface area contributed by atoms with Gasteiger partial charge in [-0.2, -0.15) is 0 Å². The van der Waals surface area contributed by atoms with Crippen molar-refractivity contribution in [3.63, 3.8) is 0 Å². The quantitative estimate of drug-likeness (QED) is 0.167. The Bertz CT molecular complexity index is 3300. The Labute approximate surface area is 387 Å². The maximum Gasteiger partial charge on any atom is 0.0476 e. The van der Waals surface area contributed by atoms with Gasteiger partial charge in [0.1, 0.15) is 0 Å². The average molecular weight is 856 g/mol. The number of thiophene rings is 1. The zero-order valence-corrected chi connectivity index (χ0v) is 37.8. The van der Waals surface area contributed by atoms with Gasteiger partial charge in [0.25, 0.3) is 0 Å². The van der Waals surface area contributed by atoms with Crippen LogP contribution in [-0.2, 0) is 5.41 Å². The Balaban J connectivity index is 0.875. The van der Waals surface area contributed by atoms with E-state index in [1.165, 1.54) is 157 Å². The molecule has 0 aliphatic heterocycles. The van der Waals surface area contributed by atoms with Gasteiger partial charge >= 0.3 is 0 Å². The van der Waals surface area contributed by atoms with Crippen LogP contribution in [0.3, 0.4) is 0 Å². The normalized spacial score (nSPS) is 21.0. The van der Waals surface area contributed by atoms with Crippen LogP contribution in [0.5, 0.6) is 0 Å². The van der Waals surface area contributed by atoms with Crippen LogP contribution in [0.25, 0.3) is 64.7 Å². The van der Waals surface area contributed by atoms with E-state index in [4.69, 9.17) is 0 Å². The summed E-state index contributed by atoms with van der Waals surface area (Å²) in [5, 5.41) is 2.68. The van der Waals surface area contributed by atoms with E-state index < -0.39 is 0 Å². The number of anilines is 3. The monoisotopic (exact) mass is 855 g/mol. The molecular weight excluding hydrogens is 803 g/mol. The molecule has 15 rings (SSSR count). The van der Waals surface area contributed by atoms with Crippen molar-refractivity contribution >= 4 is 48.6 Å². The van der Waals surface area contributed by atoms with E-state index in [-0.39, 0.29) is 5.41 Å². The van der Waals surface area contributed by atoms with Gasteiger partial charge in [-0.1, -0.05) is 147 Å². The molecule has 0 radical (unpaired) electrons. The predicted molar refractivity (Wildman–Crippen MR) is 275 cm³/mol. The molecule has 3 unspecified atom stereocenters. The highest BCUT2D eigenvalue weighted by atomic mass is 32.1. The van der Waals surface area contributed by atoms with Crippen LogP contribution in [0.4, 0.5) is 17.1 Å². The summed E-state index contributed by atoms with van der Waals surface area (Å²) in [6, 6.07) is 68.0. The highest BCUT2D eigenvalue weighted by molar-refractivity contribution is 7.25. The molecule has 3 fully saturated rings. The molecule has 316 valence electrons. The Morgan fingerprint density at radius 1 is 0.385 bits per heavy atom. The zero-order valence-electron chi connectivity index (χ0n) is 37.0. The third-order valence-corrected chi connectivity index (χ3v) is 17.9. The van der Waals surface area contributed by atoms with Gasteiger partial charge in [0.05, 0.1) is 0 Å². The fourth-order valence-corrected chi connectivity index (χ4v) is 15.2. The smallest absolute Gasteiger partial charge is 0.0476 e. The summed E-state index contributed by atoms with van der Waals surface area (Å²) in [7, 11) is 0. The van der Waals surface area contributed by atoms with Gasteiger partial charge in [0.2, 0.25) is 0 Å². The molecule has 9 aromatic rings. The van der Waals surface area contributed by atoms with E-state index >= 15 is 0 Å². The maximum absolute atomic E-state index is 2.56. The number of nitrogens with zero attached hydrogens (tertiary/aromatic N) is 1. The summed E-state index contributed by atoms with van der Waals surface area (Å²) < 4.78 is 2.68. The lowest BCUT2D eigenvalue weighted by atomic mass is 9.63. The van der Waals surface area contributed by atoms with Gasteiger partial charge < -0.3 is 4.90 Å². The molecule has 6 aliphatic carbocycles. The minimum atomic E-state index is 0.0919. The van der Waals surface area contributed by atoms with Crippen LogP contribution in [0.15, 0.2) is 176 Å². The molecule has 0 amide bonds. The third kappa shape index (κ3) is 6.09. The second kappa shape index (κ2) is 14.9. The summed E-state index contributed by atoms with van der Waals surface area (Å²) in [6.45, 7) is 0. The van der Waals surface area contributed by atoms with Crippen molar-refractivity contribution < 1.29 is 0 Å². The highest BCUT2D eigenvalue weighted by Gasteiger charge is 2.44. The van der Waals surface area contributed by atoms with Gasteiger partial charge in [0, 0.05) is 42.6 Å². The van der Waals surface area contributed by atoms with Crippen molar-refractivity contribution in [1.82, 2.24) is 0 Å². The second-order valence-electron chi connectivity index (χ2n) is 20.4. The molecule has 0 N–H and O–H groups in total. The molecule has 1 heterocycles. The molecule has 1 spiro atoms. The van der Waals surface area contributed by atoms with Crippen molar-refractivity contribution in [3.05, 3.63) is 198 Å². The van der Waals surface area contributed by atoms with E-state index in [2.05, 4.69) is 181 Å².